The number of nitrogens with zero attached hydrogens (tertiary/aromatic N) is 1. The molecule has 0 radical (unpaired) electrons. The number of likely N-dealkylation sites (tertiary alicyclic amines) is 1. The van der Waals surface area contributed by atoms with E-state index in [0.717, 1.165) is 0 Å². The highest BCUT2D eigenvalue weighted by molar-refractivity contribution is 7.80. The first-order valence-corrected chi connectivity index (χ1v) is 6.56. The number of carboxylic acid groups (broad SMARTS) is 1. The second kappa shape index (κ2) is 6.65. The van der Waals surface area contributed by atoms with Crippen molar-refractivity contribution >= 4 is 30.6 Å². The number of ether oxygens (including phenoxy) is 1. The maximum atomic E-state index is 12.0. The van der Waals surface area contributed by atoms with Gasteiger partial charge in [-0.2, -0.15) is 12.6 Å². The van der Waals surface area contributed by atoms with E-state index >= 15 is 0 Å². The molecule has 0 aromatic carbocycles. The normalized spacial score (nSPS) is 23.8. The number of alkyl carbamates (subject to hydrolysis) is 1. The van der Waals surface area contributed by atoms with Crippen LogP contribution in [-0.4, -0.2) is 59.5 Å². The molecule has 8 heteroatoms. The van der Waals surface area contributed by atoms with Gasteiger partial charge in [-0.15, -0.1) is 0 Å². The van der Waals surface area contributed by atoms with Gasteiger partial charge in [-0.3, -0.25) is 4.79 Å². The Morgan fingerprint density at radius 2 is 2.16 bits per heavy atom. The molecule has 0 bridgehead atoms. The summed E-state index contributed by atoms with van der Waals surface area (Å²) in [5, 5.41) is 11.4. The van der Waals surface area contributed by atoms with Crippen LogP contribution >= 0.6 is 12.6 Å². The van der Waals surface area contributed by atoms with Crippen molar-refractivity contribution in [2.24, 2.45) is 5.92 Å². The molecule has 0 aliphatic carbocycles. The molecule has 1 unspecified atom stereocenters. The number of aliphatic carboxylic acids is 1. The van der Waals surface area contributed by atoms with Crippen LogP contribution in [0.3, 0.4) is 0 Å². The topological polar surface area (TPSA) is 95.9 Å². The molecule has 1 aliphatic heterocycles. The van der Waals surface area contributed by atoms with Crippen LogP contribution in [0.1, 0.15) is 13.3 Å². The molecule has 2 N–H and O–H groups in total. The molecule has 3 atom stereocenters. The van der Waals surface area contributed by atoms with Crippen LogP contribution in [0.25, 0.3) is 0 Å². The van der Waals surface area contributed by atoms with Gasteiger partial charge in [0.25, 0.3) is 0 Å². The minimum atomic E-state index is -1.09. The van der Waals surface area contributed by atoms with Crippen LogP contribution in [0, 0.1) is 5.92 Å². The van der Waals surface area contributed by atoms with Crippen molar-refractivity contribution in [2.45, 2.75) is 25.5 Å². The van der Waals surface area contributed by atoms with Crippen LogP contribution in [0.15, 0.2) is 0 Å². The monoisotopic (exact) mass is 290 g/mol. The number of amides is 2. The molecule has 0 aromatic heterocycles. The molecule has 2 amide bonds. The predicted molar refractivity (Wildman–Crippen MR) is 70.1 cm³/mol. The molecule has 19 heavy (non-hydrogen) atoms. The molecule has 1 aliphatic rings. The van der Waals surface area contributed by atoms with Crippen LogP contribution in [0.5, 0.6) is 0 Å². The van der Waals surface area contributed by atoms with Crippen molar-refractivity contribution < 1.29 is 24.2 Å². The first-order chi connectivity index (χ1) is 8.90. The van der Waals surface area contributed by atoms with Crippen LogP contribution < -0.4 is 5.32 Å². The Morgan fingerprint density at radius 3 is 2.63 bits per heavy atom. The number of carbonyl (C=O) groups is 3. The lowest BCUT2D eigenvalue weighted by atomic mass is 10.1. The molecular weight excluding hydrogens is 272 g/mol. The van der Waals surface area contributed by atoms with Crippen molar-refractivity contribution in [3.05, 3.63) is 0 Å². The van der Waals surface area contributed by atoms with Gasteiger partial charge in [-0.25, -0.2) is 9.59 Å². The zero-order chi connectivity index (χ0) is 14.6. The quantitative estimate of drug-likeness (QED) is 0.632. The lowest BCUT2D eigenvalue weighted by Gasteiger charge is -2.23. The van der Waals surface area contributed by atoms with E-state index < -0.39 is 24.2 Å². The fraction of sp³-hybridized carbons (Fsp3) is 0.727. The number of hydrogen-bond donors (Lipinski definition) is 3. The van der Waals surface area contributed by atoms with Gasteiger partial charge in [0.05, 0.1) is 6.54 Å². The molecule has 0 spiro atoms. The van der Waals surface area contributed by atoms with E-state index in [1.165, 1.54) is 11.9 Å². The number of hydrogen-bond acceptors (Lipinski definition) is 5. The summed E-state index contributed by atoms with van der Waals surface area (Å²) in [5.74, 6) is -1.42. The molecule has 1 saturated heterocycles. The highest BCUT2D eigenvalue weighted by Crippen LogP contribution is 2.23. The SMILES string of the molecule is CNC(=O)O[C@H]1C[C@@H](C(=O)O)N(C(=O)C(C)CS)C1. The van der Waals surface area contributed by atoms with E-state index in [4.69, 9.17) is 9.84 Å². The molecule has 0 aromatic rings. The molecule has 1 rings (SSSR count). The Morgan fingerprint density at radius 1 is 1.53 bits per heavy atom. The Balaban J connectivity index is 2.76. The first-order valence-electron chi connectivity index (χ1n) is 5.93. The number of carbonyl (C=O) groups excluding carboxylic acids is 2. The van der Waals surface area contributed by atoms with E-state index in [2.05, 4.69) is 17.9 Å². The summed E-state index contributed by atoms with van der Waals surface area (Å²) in [7, 11) is 1.41. The van der Waals surface area contributed by atoms with E-state index in [-0.39, 0.29) is 24.8 Å². The van der Waals surface area contributed by atoms with Gasteiger partial charge in [0, 0.05) is 25.1 Å². The maximum absolute atomic E-state index is 12.0. The predicted octanol–water partition coefficient (Wildman–Crippen LogP) is -0.0376. The van der Waals surface area contributed by atoms with E-state index in [1.807, 2.05) is 0 Å². The highest BCUT2D eigenvalue weighted by Gasteiger charge is 2.42. The third kappa shape index (κ3) is 3.76. The van der Waals surface area contributed by atoms with Crippen molar-refractivity contribution in [1.29, 1.82) is 0 Å². The van der Waals surface area contributed by atoms with Crippen molar-refractivity contribution in [3.63, 3.8) is 0 Å². The first kappa shape index (κ1) is 15.6. The lowest BCUT2D eigenvalue weighted by molar-refractivity contribution is -0.149. The summed E-state index contributed by atoms with van der Waals surface area (Å²) >= 11 is 4.03. The van der Waals surface area contributed by atoms with E-state index in [1.54, 1.807) is 6.92 Å². The maximum Gasteiger partial charge on any atom is 0.407 e. The van der Waals surface area contributed by atoms with Crippen LogP contribution in [0.4, 0.5) is 4.79 Å². The average molecular weight is 290 g/mol. The fourth-order valence-electron chi connectivity index (χ4n) is 1.93. The van der Waals surface area contributed by atoms with Crippen LogP contribution in [-0.2, 0) is 14.3 Å². The van der Waals surface area contributed by atoms with Gasteiger partial charge in [0.15, 0.2) is 0 Å². The Kier molecular flexibility index (Phi) is 5.46. The summed E-state index contributed by atoms with van der Waals surface area (Å²) in [6, 6.07) is -0.954. The summed E-state index contributed by atoms with van der Waals surface area (Å²) in [6.45, 7) is 1.78. The second-order valence-electron chi connectivity index (χ2n) is 4.44. The molecular formula is C11H18N2O5S. The van der Waals surface area contributed by atoms with Gasteiger partial charge >= 0.3 is 12.1 Å². The summed E-state index contributed by atoms with van der Waals surface area (Å²) < 4.78 is 5.01. The van der Waals surface area contributed by atoms with E-state index in [0.29, 0.717) is 5.75 Å². The van der Waals surface area contributed by atoms with Crippen LogP contribution in [0.2, 0.25) is 0 Å². The summed E-state index contributed by atoms with van der Waals surface area (Å²) in [4.78, 5) is 35.6. The second-order valence-corrected chi connectivity index (χ2v) is 4.81. The standard InChI is InChI=1S/C11H18N2O5S/c1-6(5-19)9(14)13-4-7(18-11(17)12-2)3-8(13)10(15)16/h6-8,19H,3-5H2,1-2H3,(H,12,17)(H,15,16)/t6?,7-,8-/m0/s1. The summed E-state index contributed by atoms with van der Waals surface area (Å²) in [6.07, 6.45) is -1.13. The Bertz CT molecular complexity index is 376. The highest BCUT2D eigenvalue weighted by atomic mass is 32.1. The fourth-order valence-corrected chi connectivity index (χ4v) is 2.09. The summed E-state index contributed by atoms with van der Waals surface area (Å²) in [5.41, 5.74) is 0. The van der Waals surface area contributed by atoms with Gasteiger partial charge in [-0.05, 0) is 0 Å². The minimum Gasteiger partial charge on any atom is -0.480 e. The third-order valence-corrected chi connectivity index (χ3v) is 3.55. The van der Waals surface area contributed by atoms with Crippen molar-refractivity contribution in [3.8, 4) is 0 Å². The Hall–Kier alpha value is -1.44. The van der Waals surface area contributed by atoms with E-state index in [9.17, 15) is 14.4 Å². The van der Waals surface area contributed by atoms with Gasteiger partial charge in [0.1, 0.15) is 12.1 Å². The zero-order valence-corrected chi connectivity index (χ0v) is 11.7. The smallest absolute Gasteiger partial charge is 0.407 e. The largest absolute Gasteiger partial charge is 0.480 e. The number of carboxylic acids is 1. The van der Waals surface area contributed by atoms with Gasteiger partial charge in [-0.1, -0.05) is 6.92 Å². The number of nitrogens with one attached hydrogen (secondary N) is 1. The molecule has 1 fully saturated rings. The molecule has 108 valence electrons. The molecule has 0 saturated carbocycles. The van der Waals surface area contributed by atoms with Gasteiger partial charge in [0.2, 0.25) is 5.91 Å². The van der Waals surface area contributed by atoms with Gasteiger partial charge < -0.3 is 20.1 Å². The average Bonchev–Trinajstić information content (AvgIpc) is 2.80. The lowest BCUT2D eigenvalue weighted by Crippen LogP contribution is -2.43. The Labute approximate surface area is 116 Å². The molecule has 7 nitrogen and oxygen atoms in total. The molecule has 1 heterocycles. The van der Waals surface area contributed by atoms with Crippen molar-refractivity contribution in [2.75, 3.05) is 19.3 Å². The third-order valence-electron chi connectivity index (χ3n) is 3.00. The zero-order valence-electron chi connectivity index (χ0n) is 10.8. The number of rotatable bonds is 4. The van der Waals surface area contributed by atoms with Crippen molar-refractivity contribution in [1.82, 2.24) is 10.2 Å². The number of thiol groups is 1. The minimum absolute atomic E-state index is 0.0985.